The summed E-state index contributed by atoms with van der Waals surface area (Å²) < 4.78 is 0.920. The van der Waals surface area contributed by atoms with Crippen LogP contribution in [0.25, 0.3) is 0 Å². The molecule has 0 unspecified atom stereocenters. The number of hydrogen-bond acceptors (Lipinski definition) is 7. The second-order valence-electron chi connectivity index (χ2n) is 8.53. The monoisotopic (exact) mass is 540 g/mol. The van der Waals surface area contributed by atoms with Crippen molar-refractivity contribution in [1.29, 1.82) is 0 Å². The Morgan fingerprint density at radius 1 is 1.25 bits per heavy atom. The molecule has 1 aromatic carbocycles. The van der Waals surface area contributed by atoms with Gasteiger partial charge in [-0.2, -0.15) is 11.3 Å². The first-order chi connectivity index (χ1) is 17.3. The van der Waals surface area contributed by atoms with Crippen LogP contribution < -0.4 is 5.32 Å². The summed E-state index contributed by atoms with van der Waals surface area (Å²) in [5.74, 6) is -0.289. The van der Waals surface area contributed by atoms with Crippen molar-refractivity contribution in [3.05, 3.63) is 70.1 Å². The zero-order valence-corrected chi connectivity index (χ0v) is 22.9. The Bertz CT molecular complexity index is 1290. The highest BCUT2D eigenvalue weighted by molar-refractivity contribution is 8.01. The van der Waals surface area contributed by atoms with Gasteiger partial charge < -0.3 is 9.80 Å². The minimum atomic E-state index is -0.179. The molecule has 1 aliphatic heterocycles. The third-order valence-corrected chi connectivity index (χ3v) is 9.01. The Kier molecular flexibility index (Phi) is 8.28. The predicted molar refractivity (Wildman–Crippen MR) is 146 cm³/mol. The summed E-state index contributed by atoms with van der Waals surface area (Å²) in [5.41, 5.74) is 3.27. The molecule has 2 aromatic heterocycles. The third-order valence-electron chi connectivity index (χ3n) is 6.15. The van der Waals surface area contributed by atoms with Crippen LogP contribution in [0, 0.1) is 13.8 Å². The van der Waals surface area contributed by atoms with Crippen LogP contribution in [0.4, 0.5) is 5.13 Å². The number of aryl methyl sites for hydroxylation is 2. The molecule has 0 radical (unpaired) electrons. The molecule has 188 valence electrons. The molecule has 3 amide bonds. The maximum absolute atomic E-state index is 13.5. The van der Waals surface area contributed by atoms with Crippen molar-refractivity contribution >= 4 is 57.3 Å². The number of carbonyl (C=O) groups is 3. The molecule has 3 heterocycles. The average molecular weight is 541 g/mol. The van der Waals surface area contributed by atoms with Crippen molar-refractivity contribution in [2.75, 3.05) is 25.0 Å². The van der Waals surface area contributed by atoms with Crippen LogP contribution in [0.15, 0.2) is 56.9 Å². The molecule has 0 bridgehead atoms. The van der Waals surface area contributed by atoms with Gasteiger partial charge in [-0.1, -0.05) is 42.7 Å². The highest BCUT2D eigenvalue weighted by atomic mass is 32.2. The Hall–Kier alpha value is -2.95. The maximum Gasteiger partial charge on any atom is 0.258 e. The number of amides is 3. The maximum atomic E-state index is 13.5. The van der Waals surface area contributed by atoms with Crippen LogP contribution >= 0.6 is 34.4 Å². The fourth-order valence-corrected chi connectivity index (χ4v) is 6.75. The first kappa shape index (κ1) is 26.1. The number of carbonyl (C=O) groups excluding carboxylic acids is 3. The summed E-state index contributed by atoms with van der Waals surface area (Å²) in [6, 6.07) is 5.73. The van der Waals surface area contributed by atoms with Gasteiger partial charge in [-0.25, -0.2) is 4.98 Å². The van der Waals surface area contributed by atoms with E-state index in [-0.39, 0.29) is 23.8 Å². The van der Waals surface area contributed by atoms with Crippen molar-refractivity contribution in [2.24, 2.45) is 0 Å². The lowest BCUT2D eigenvalue weighted by atomic mass is 10.0. The Morgan fingerprint density at radius 3 is 2.75 bits per heavy atom. The van der Waals surface area contributed by atoms with Crippen molar-refractivity contribution in [3.63, 3.8) is 0 Å². The van der Waals surface area contributed by atoms with Gasteiger partial charge in [0.25, 0.3) is 11.8 Å². The number of anilines is 1. The molecule has 0 saturated carbocycles. The van der Waals surface area contributed by atoms with Gasteiger partial charge in [-0.05, 0) is 55.0 Å². The lowest BCUT2D eigenvalue weighted by Crippen LogP contribution is -2.56. The minimum absolute atomic E-state index is 0.0206. The van der Waals surface area contributed by atoms with Crippen LogP contribution in [0.2, 0.25) is 0 Å². The van der Waals surface area contributed by atoms with Crippen molar-refractivity contribution in [3.8, 4) is 0 Å². The smallest absolute Gasteiger partial charge is 0.258 e. The number of rotatable bonds is 7. The van der Waals surface area contributed by atoms with Gasteiger partial charge in [0.1, 0.15) is 0 Å². The fourth-order valence-electron chi connectivity index (χ4n) is 4.18. The van der Waals surface area contributed by atoms with Crippen LogP contribution in [-0.4, -0.2) is 58.2 Å². The predicted octanol–water partition coefficient (Wildman–Crippen LogP) is 5.47. The largest absolute Gasteiger partial charge is 0.335 e. The zero-order chi connectivity index (χ0) is 25.8. The molecule has 3 aromatic rings. The molecule has 7 nitrogen and oxygen atoms in total. The number of thiophene rings is 1. The van der Waals surface area contributed by atoms with Crippen LogP contribution in [0.3, 0.4) is 0 Å². The van der Waals surface area contributed by atoms with Crippen molar-refractivity contribution in [1.82, 2.24) is 14.8 Å². The second kappa shape index (κ2) is 11.4. The number of nitrogens with one attached hydrogen (secondary N) is 1. The molecule has 1 N–H and O–H groups in total. The second-order valence-corrected chi connectivity index (χ2v) is 11.7. The van der Waals surface area contributed by atoms with Gasteiger partial charge in [0, 0.05) is 41.5 Å². The molecular weight excluding hydrogens is 513 g/mol. The van der Waals surface area contributed by atoms with E-state index in [1.54, 1.807) is 22.5 Å². The lowest BCUT2D eigenvalue weighted by molar-refractivity contribution is -0.130. The zero-order valence-electron chi connectivity index (χ0n) is 20.4. The molecular formula is C26H28N4O3S3. The highest BCUT2D eigenvalue weighted by Gasteiger charge is 2.31. The Balaban J connectivity index is 1.48. The molecule has 1 atom stereocenters. The number of piperazine rings is 1. The van der Waals surface area contributed by atoms with Crippen LogP contribution in [-0.2, 0) is 4.79 Å². The first-order valence-electron chi connectivity index (χ1n) is 11.6. The molecule has 10 heteroatoms. The number of nitrogens with zero attached hydrogens (tertiary/aromatic N) is 3. The quantitative estimate of drug-likeness (QED) is 0.402. The number of benzene rings is 1. The summed E-state index contributed by atoms with van der Waals surface area (Å²) in [7, 11) is 0. The summed E-state index contributed by atoms with van der Waals surface area (Å²) in [5, 5.41) is 7.03. The van der Waals surface area contributed by atoms with Gasteiger partial charge in [-0.15, -0.1) is 0 Å². The minimum Gasteiger partial charge on any atom is -0.335 e. The molecule has 1 fully saturated rings. The lowest BCUT2D eigenvalue weighted by Gasteiger charge is -2.41. The van der Waals surface area contributed by atoms with Crippen molar-refractivity contribution < 1.29 is 14.4 Å². The number of thiazole rings is 1. The van der Waals surface area contributed by atoms with E-state index in [4.69, 9.17) is 0 Å². The van der Waals surface area contributed by atoms with Crippen molar-refractivity contribution in [2.45, 2.75) is 42.3 Å². The number of aromatic nitrogens is 1. The summed E-state index contributed by atoms with van der Waals surface area (Å²) >= 11 is 4.40. The summed E-state index contributed by atoms with van der Waals surface area (Å²) in [6.45, 7) is 11.1. The van der Waals surface area contributed by atoms with Gasteiger partial charge >= 0.3 is 0 Å². The van der Waals surface area contributed by atoms with E-state index < -0.39 is 0 Å². The van der Waals surface area contributed by atoms with Crippen LogP contribution in [0.5, 0.6) is 0 Å². The van der Waals surface area contributed by atoms with E-state index in [0.29, 0.717) is 35.9 Å². The molecule has 36 heavy (non-hydrogen) atoms. The Morgan fingerprint density at radius 2 is 2.06 bits per heavy atom. The summed E-state index contributed by atoms with van der Waals surface area (Å²) in [6.07, 6.45) is 3.85. The normalized spacial score (nSPS) is 15.6. The van der Waals surface area contributed by atoms with E-state index >= 15 is 0 Å². The van der Waals surface area contributed by atoms with E-state index in [9.17, 15) is 14.4 Å². The van der Waals surface area contributed by atoms with Gasteiger partial charge in [-0.3, -0.25) is 19.7 Å². The fraction of sp³-hybridized carbons (Fsp3) is 0.308. The first-order valence-corrected chi connectivity index (χ1v) is 14.2. The van der Waals surface area contributed by atoms with Gasteiger partial charge in [0.15, 0.2) is 5.13 Å². The van der Waals surface area contributed by atoms with E-state index in [2.05, 4.69) is 16.9 Å². The van der Waals surface area contributed by atoms with Gasteiger partial charge in [0.05, 0.1) is 16.0 Å². The van der Waals surface area contributed by atoms with E-state index in [0.717, 1.165) is 26.7 Å². The molecule has 1 saturated heterocycles. The molecule has 0 spiro atoms. The van der Waals surface area contributed by atoms with Crippen LogP contribution in [0.1, 0.15) is 45.2 Å². The summed E-state index contributed by atoms with van der Waals surface area (Å²) in [4.78, 5) is 47.0. The van der Waals surface area contributed by atoms with Gasteiger partial charge in [0.2, 0.25) is 5.91 Å². The molecule has 4 rings (SSSR count). The Labute approximate surface area is 223 Å². The van der Waals surface area contributed by atoms with E-state index in [1.807, 2.05) is 43.2 Å². The molecule has 0 aliphatic carbocycles. The average Bonchev–Trinajstić information content (AvgIpc) is 3.57. The third kappa shape index (κ3) is 5.71. The number of hydrogen-bond donors (Lipinski definition) is 1. The SMILES string of the molecule is C=CC(=O)N1CCN(C(=O)c2cc(Sc3cnc(NC(=O)c4ccsc4)s3)c(C)cc2C)C[C@H]1CC. The molecule has 1 aliphatic rings. The topological polar surface area (TPSA) is 82.6 Å². The highest BCUT2D eigenvalue weighted by Crippen LogP contribution is 2.37. The standard InChI is InChI=1S/C26H28N4O3S3/c1-5-19-14-29(8-9-30(19)22(31)6-2)25(33)20-12-21(17(4)11-16(20)3)35-23-13-27-26(36-23)28-24(32)18-7-10-34-15-18/h6-7,10-13,15,19H,2,5,8-9,14H2,1,3-4H3,(H,27,28,32)/t19-/m1/s1. The van der Waals surface area contributed by atoms with E-state index in [1.165, 1.54) is 40.5 Å².